The predicted molar refractivity (Wildman–Crippen MR) is 98.8 cm³/mol. The van der Waals surface area contributed by atoms with Crippen LogP contribution in [0.5, 0.6) is 0 Å². The number of rotatable bonds is 14. The molecule has 0 spiro atoms. The first kappa shape index (κ1) is 25.3. The summed E-state index contributed by atoms with van der Waals surface area (Å²) in [7, 11) is 0. The van der Waals surface area contributed by atoms with Crippen molar-refractivity contribution in [2.75, 3.05) is 13.1 Å². The highest BCUT2D eigenvalue weighted by molar-refractivity contribution is 5.84. The van der Waals surface area contributed by atoms with E-state index in [0.29, 0.717) is 12.8 Å². The van der Waals surface area contributed by atoms with Gasteiger partial charge in [0.1, 0.15) is 6.10 Å². The molecule has 9 heteroatoms. The molecule has 0 aliphatic carbocycles. The smallest absolute Gasteiger partial charge is 0.303 e. The second-order valence-electron chi connectivity index (χ2n) is 7.00. The lowest BCUT2D eigenvalue weighted by molar-refractivity contribution is -0.137. The van der Waals surface area contributed by atoms with Crippen LogP contribution in [0.1, 0.15) is 52.9 Å². The minimum Gasteiger partial charge on any atom is -0.481 e. The van der Waals surface area contributed by atoms with Gasteiger partial charge in [-0.05, 0) is 24.7 Å². The Labute approximate surface area is 160 Å². The van der Waals surface area contributed by atoms with E-state index in [2.05, 4.69) is 10.6 Å². The number of aliphatic hydroxyl groups excluding tert-OH is 3. The van der Waals surface area contributed by atoms with E-state index in [1.54, 1.807) is 13.8 Å². The Morgan fingerprint density at radius 1 is 0.852 bits per heavy atom. The molecular weight excluding hydrogens is 356 g/mol. The number of hydrogen-bond acceptors (Lipinski definition) is 6. The fourth-order valence-corrected chi connectivity index (χ4v) is 2.44. The number of carbonyl (C=O) groups excluding carboxylic acids is 2. The summed E-state index contributed by atoms with van der Waals surface area (Å²) in [6.07, 6.45) is -2.17. The van der Waals surface area contributed by atoms with Crippen molar-refractivity contribution in [1.29, 1.82) is 0 Å². The van der Waals surface area contributed by atoms with Gasteiger partial charge in [0.15, 0.2) is 0 Å². The van der Waals surface area contributed by atoms with Gasteiger partial charge < -0.3 is 31.1 Å². The van der Waals surface area contributed by atoms with Gasteiger partial charge in [0.25, 0.3) is 0 Å². The van der Waals surface area contributed by atoms with E-state index in [-0.39, 0.29) is 44.2 Å². The molecule has 0 bridgehead atoms. The van der Waals surface area contributed by atoms with Crippen LogP contribution in [-0.4, -0.2) is 69.6 Å². The molecule has 0 aromatic rings. The zero-order chi connectivity index (χ0) is 21.0. The Kier molecular flexibility index (Phi) is 12.6. The van der Waals surface area contributed by atoms with E-state index in [4.69, 9.17) is 5.11 Å². The summed E-state index contributed by atoms with van der Waals surface area (Å²) in [6, 6.07) is 0. The molecular formula is C18H34N2O7. The number of carbonyl (C=O) groups is 3. The summed E-state index contributed by atoms with van der Waals surface area (Å²) in [5, 5.41) is 43.6. The van der Waals surface area contributed by atoms with Crippen molar-refractivity contribution < 1.29 is 34.8 Å². The molecule has 0 radical (unpaired) electrons. The third kappa shape index (κ3) is 10.9. The third-order valence-electron chi connectivity index (χ3n) is 4.67. The van der Waals surface area contributed by atoms with Crippen LogP contribution >= 0.6 is 0 Å². The second-order valence-corrected chi connectivity index (χ2v) is 7.00. The van der Waals surface area contributed by atoms with Gasteiger partial charge in [0.2, 0.25) is 11.8 Å². The number of carboxylic acids is 1. The Hall–Kier alpha value is -1.71. The fraction of sp³-hybridized carbons (Fsp3) is 0.833. The van der Waals surface area contributed by atoms with Crippen LogP contribution in [0.2, 0.25) is 0 Å². The van der Waals surface area contributed by atoms with Gasteiger partial charge in [0.05, 0.1) is 18.8 Å². The van der Waals surface area contributed by atoms with Crippen molar-refractivity contribution in [3.8, 4) is 0 Å². The summed E-state index contributed by atoms with van der Waals surface area (Å²) in [5.41, 5.74) is 0. The SMILES string of the molecule is CC[C@H](C)[C@@H](O)[C@H](O)[C@H](O)[C@H](C)CCC(=O)NCC(=O)NCCCC(=O)O. The van der Waals surface area contributed by atoms with Crippen molar-refractivity contribution in [2.45, 2.75) is 71.2 Å². The van der Waals surface area contributed by atoms with Crippen LogP contribution in [0, 0.1) is 11.8 Å². The summed E-state index contributed by atoms with van der Waals surface area (Å²) in [5.74, 6) is -2.27. The van der Waals surface area contributed by atoms with E-state index in [1.165, 1.54) is 0 Å². The van der Waals surface area contributed by atoms with Crippen LogP contribution in [0.25, 0.3) is 0 Å². The average molecular weight is 390 g/mol. The predicted octanol–water partition coefficient (Wildman–Crippen LogP) is -0.371. The number of nitrogens with one attached hydrogen (secondary N) is 2. The van der Waals surface area contributed by atoms with Crippen molar-refractivity contribution >= 4 is 17.8 Å². The van der Waals surface area contributed by atoms with Gasteiger partial charge in [-0.3, -0.25) is 14.4 Å². The van der Waals surface area contributed by atoms with E-state index < -0.39 is 36.1 Å². The van der Waals surface area contributed by atoms with Gasteiger partial charge >= 0.3 is 5.97 Å². The third-order valence-corrected chi connectivity index (χ3v) is 4.67. The molecule has 0 aliphatic heterocycles. The highest BCUT2D eigenvalue weighted by atomic mass is 16.4. The Balaban J connectivity index is 4.08. The molecule has 6 N–H and O–H groups in total. The molecule has 0 rings (SSSR count). The highest BCUT2D eigenvalue weighted by Crippen LogP contribution is 2.20. The zero-order valence-electron chi connectivity index (χ0n) is 16.4. The second kappa shape index (κ2) is 13.5. The fourth-order valence-electron chi connectivity index (χ4n) is 2.44. The lowest BCUT2D eigenvalue weighted by Gasteiger charge is -2.30. The monoisotopic (exact) mass is 390 g/mol. The van der Waals surface area contributed by atoms with Crippen LogP contribution < -0.4 is 10.6 Å². The van der Waals surface area contributed by atoms with Crippen LogP contribution in [0.15, 0.2) is 0 Å². The summed E-state index contributed by atoms with van der Waals surface area (Å²) in [6.45, 7) is 5.35. The van der Waals surface area contributed by atoms with Gasteiger partial charge in [-0.1, -0.05) is 27.2 Å². The lowest BCUT2D eigenvalue weighted by Crippen LogP contribution is -2.44. The molecule has 27 heavy (non-hydrogen) atoms. The molecule has 0 aromatic carbocycles. The first-order valence-corrected chi connectivity index (χ1v) is 9.39. The number of aliphatic carboxylic acids is 1. The Bertz CT molecular complexity index is 473. The summed E-state index contributed by atoms with van der Waals surface area (Å²) >= 11 is 0. The molecule has 0 fully saturated rings. The minimum absolute atomic E-state index is 0.0373. The maximum Gasteiger partial charge on any atom is 0.303 e. The summed E-state index contributed by atoms with van der Waals surface area (Å²) < 4.78 is 0. The zero-order valence-corrected chi connectivity index (χ0v) is 16.4. The van der Waals surface area contributed by atoms with Crippen molar-refractivity contribution in [1.82, 2.24) is 10.6 Å². The molecule has 0 saturated carbocycles. The molecule has 0 aromatic heterocycles. The van der Waals surface area contributed by atoms with Gasteiger partial charge in [0, 0.05) is 19.4 Å². The topological polar surface area (TPSA) is 156 Å². The van der Waals surface area contributed by atoms with Gasteiger partial charge in [-0.2, -0.15) is 0 Å². The quantitative estimate of drug-likeness (QED) is 0.221. The number of amides is 2. The number of carboxylic acid groups (broad SMARTS) is 1. The normalized spacial score (nSPS) is 16.7. The molecule has 0 heterocycles. The first-order chi connectivity index (χ1) is 12.6. The number of hydrogen-bond donors (Lipinski definition) is 6. The molecule has 5 atom stereocenters. The van der Waals surface area contributed by atoms with Crippen molar-refractivity contribution in [3.63, 3.8) is 0 Å². The van der Waals surface area contributed by atoms with E-state index in [9.17, 15) is 29.7 Å². The van der Waals surface area contributed by atoms with Crippen LogP contribution in [0.3, 0.4) is 0 Å². The first-order valence-electron chi connectivity index (χ1n) is 9.39. The molecule has 2 amide bonds. The van der Waals surface area contributed by atoms with Crippen LogP contribution in [0.4, 0.5) is 0 Å². The summed E-state index contributed by atoms with van der Waals surface area (Å²) in [4.78, 5) is 33.7. The van der Waals surface area contributed by atoms with Crippen molar-refractivity contribution in [2.24, 2.45) is 11.8 Å². The largest absolute Gasteiger partial charge is 0.481 e. The lowest BCUT2D eigenvalue weighted by atomic mass is 9.87. The molecule has 0 aliphatic rings. The highest BCUT2D eigenvalue weighted by Gasteiger charge is 2.31. The molecule has 9 nitrogen and oxygen atoms in total. The van der Waals surface area contributed by atoms with E-state index in [1.807, 2.05) is 6.92 Å². The van der Waals surface area contributed by atoms with Crippen LogP contribution in [-0.2, 0) is 14.4 Å². The van der Waals surface area contributed by atoms with Crippen molar-refractivity contribution in [3.05, 3.63) is 0 Å². The minimum atomic E-state index is -1.28. The Morgan fingerprint density at radius 2 is 1.44 bits per heavy atom. The van der Waals surface area contributed by atoms with Gasteiger partial charge in [-0.25, -0.2) is 0 Å². The standard InChI is InChI=1S/C18H34N2O7/c1-4-11(2)16(25)18(27)17(26)12(3)7-8-13(21)20-10-14(22)19-9-5-6-15(23)24/h11-12,16-18,25-27H,4-10H2,1-3H3,(H,19,22)(H,20,21)(H,23,24)/t11-,12+,16+,17+,18-/m0/s1. The maximum absolute atomic E-state index is 11.8. The number of aliphatic hydroxyl groups is 3. The molecule has 0 saturated heterocycles. The average Bonchev–Trinajstić information content (AvgIpc) is 2.64. The van der Waals surface area contributed by atoms with E-state index >= 15 is 0 Å². The molecule has 0 unspecified atom stereocenters. The van der Waals surface area contributed by atoms with E-state index in [0.717, 1.165) is 0 Å². The maximum atomic E-state index is 11.8. The Morgan fingerprint density at radius 3 is 2.00 bits per heavy atom. The molecule has 158 valence electrons. The van der Waals surface area contributed by atoms with Gasteiger partial charge in [-0.15, -0.1) is 0 Å².